The Labute approximate surface area is 142 Å². The molecular weight excluding hydrogens is 332 g/mol. The van der Waals surface area contributed by atoms with Crippen molar-refractivity contribution in [3.8, 4) is 0 Å². The molecule has 0 heterocycles. The average Bonchev–Trinajstić information content (AvgIpc) is 2.52. The molecule has 1 rings (SSSR count). The predicted molar refractivity (Wildman–Crippen MR) is 89.6 cm³/mol. The molecule has 1 aromatic rings. The van der Waals surface area contributed by atoms with Crippen molar-refractivity contribution >= 4 is 21.9 Å². The van der Waals surface area contributed by atoms with Crippen molar-refractivity contribution in [2.45, 2.75) is 44.7 Å². The van der Waals surface area contributed by atoms with Gasteiger partial charge in [-0.25, -0.2) is 8.42 Å². The summed E-state index contributed by atoms with van der Waals surface area (Å²) in [7, 11) is -3.82. The van der Waals surface area contributed by atoms with Crippen LogP contribution in [-0.4, -0.2) is 39.0 Å². The van der Waals surface area contributed by atoms with E-state index in [1.54, 1.807) is 18.2 Å². The van der Waals surface area contributed by atoms with Gasteiger partial charge >= 0.3 is 5.97 Å². The van der Waals surface area contributed by atoms with Crippen LogP contribution in [0.25, 0.3) is 0 Å². The van der Waals surface area contributed by atoms with E-state index in [-0.39, 0.29) is 16.9 Å². The van der Waals surface area contributed by atoms with E-state index < -0.39 is 34.5 Å². The van der Waals surface area contributed by atoms with Gasteiger partial charge in [-0.3, -0.25) is 9.59 Å². The number of esters is 1. The van der Waals surface area contributed by atoms with Crippen LogP contribution in [0.3, 0.4) is 0 Å². The molecule has 0 saturated heterocycles. The van der Waals surface area contributed by atoms with Crippen molar-refractivity contribution in [1.29, 1.82) is 0 Å². The molecule has 2 N–H and O–H groups in total. The lowest BCUT2D eigenvalue weighted by molar-refractivity contribution is -0.150. The minimum Gasteiger partial charge on any atom is -0.454 e. The second kappa shape index (κ2) is 8.79. The number of rotatable bonds is 8. The van der Waals surface area contributed by atoms with Crippen molar-refractivity contribution < 1.29 is 22.7 Å². The summed E-state index contributed by atoms with van der Waals surface area (Å²) in [6.45, 7) is 6.67. The summed E-state index contributed by atoms with van der Waals surface area (Å²) in [6.07, 6.45) is 0. The molecule has 0 fully saturated rings. The average molecular weight is 356 g/mol. The topological polar surface area (TPSA) is 102 Å². The monoisotopic (exact) mass is 356 g/mol. The maximum Gasteiger partial charge on any atom is 0.324 e. The Morgan fingerprint density at radius 3 is 2.21 bits per heavy atom. The largest absolute Gasteiger partial charge is 0.454 e. The third-order valence-corrected chi connectivity index (χ3v) is 5.03. The fraction of sp³-hybridized carbons (Fsp3) is 0.500. The molecule has 8 heteroatoms. The van der Waals surface area contributed by atoms with Gasteiger partial charge in [0.2, 0.25) is 10.0 Å². The van der Waals surface area contributed by atoms with Gasteiger partial charge in [0.05, 0.1) is 4.90 Å². The van der Waals surface area contributed by atoms with Crippen LogP contribution in [0.2, 0.25) is 0 Å². The van der Waals surface area contributed by atoms with Gasteiger partial charge in [0.15, 0.2) is 6.61 Å². The Morgan fingerprint density at radius 1 is 1.08 bits per heavy atom. The molecular formula is C16H24N2O5S. The summed E-state index contributed by atoms with van der Waals surface area (Å²) in [4.78, 5) is 23.6. The Bertz CT molecular complexity index is 658. The molecule has 0 aliphatic carbocycles. The van der Waals surface area contributed by atoms with E-state index in [1.165, 1.54) is 19.1 Å². The van der Waals surface area contributed by atoms with E-state index in [2.05, 4.69) is 10.0 Å². The molecule has 0 radical (unpaired) electrons. The summed E-state index contributed by atoms with van der Waals surface area (Å²) in [5.74, 6) is -0.995. The zero-order valence-electron chi connectivity index (χ0n) is 14.3. The lowest BCUT2D eigenvalue weighted by Crippen LogP contribution is -2.42. The molecule has 0 aromatic heterocycles. The van der Waals surface area contributed by atoms with Gasteiger partial charge in [-0.1, -0.05) is 32.0 Å². The number of nitrogens with one attached hydrogen (secondary N) is 2. The maximum absolute atomic E-state index is 12.1. The number of carbonyl (C=O) groups excluding carboxylic acids is 2. The third kappa shape index (κ3) is 6.29. The van der Waals surface area contributed by atoms with E-state index in [1.807, 2.05) is 20.8 Å². The first-order valence-electron chi connectivity index (χ1n) is 7.67. The van der Waals surface area contributed by atoms with Crippen LogP contribution in [0.5, 0.6) is 0 Å². The summed E-state index contributed by atoms with van der Waals surface area (Å²) in [6, 6.07) is 6.53. The first-order valence-corrected chi connectivity index (χ1v) is 9.15. The molecule has 1 amide bonds. The van der Waals surface area contributed by atoms with Gasteiger partial charge in [-0.15, -0.1) is 0 Å². The van der Waals surface area contributed by atoms with Crippen LogP contribution in [-0.2, 0) is 24.3 Å². The lowest BCUT2D eigenvalue weighted by Gasteiger charge is -2.18. The molecule has 2 atom stereocenters. The molecule has 0 bridgehead atoms. The molecule has 0 aliphatic rings. The maximum atomic E-state index is 12.1. The first-order chi connectivity index (χ1) is 11.1. The standard InChI is InChI=1S/C16H24N2O5S/c1-11(2)12(3)17-15(19)10-23-16(20)13(4)18-24(21,22)14-8-6-5-7-9-14/h5-9,11-13,18H,10H2,1-4H3,(H,17,19). The Balaban J connectivity index is 2.52. The number of carbonyl (C=O) groups is 2. The van der Waals surface area contributed by atoms with Crippen LogP contribution in [0.4, 0.5) is 0 Å². The molecule has 0 aliphatic heterocycles. The van der Waals surface area contributed by atoms with E-state index in [4.69, 9.17) is 4.74 Å². The zero-order valence-corrected chi connectivity index (χ0v) is 15.1. The highest BCUT2D eigenvalue weighted by Gasteiger charge is 2.23. The van der Waals surface area contributed by atoms with Gasteiger partial charge in [0.25, 0.3) is 5.91 Å². The van der Waals surface area contributed by atoms with E-state index in [0.717, 1.165) is 0 Å². The highest BCUT2D eigenvalue weighted by Crippen LogP contribution is 2.08. The van der Waals surface area contributed by atoms with E-state index >= 15 is 0 Å². The molecule has 2 unspecified atom stereocenters. The van der Waals surface area contributed by atoms with Crippen molar-refractivity contribution in [2.75, 3.05) is 6.61 Å². The van der Waals surface area contributed by atoms with Gasteiger partial charge in [0, 0.05) is 6.04 Å². The van der Waals surface area contributed by atoms with Gasteiger partial charge in [0.1, 0.15) is 6.04 Å². The molecule has 134 valence electrons. The van der Waals surface area contributed by atoms with Crippen LogP contribution in [0.1, 0.15) is 27.7 Å². The smallest absolute Gasteiger partial charge is 0.324 e. The van der Waals surface area contributed by atoms with Gasteiger partial charge in [-0.2, -0.15) is 4.72 Å². The Kier molecular flexibility index (Phi) is 7.37. The molecule has 24 heavy (non-hydrogen) atoms. The lowest BCUT2D eigenvalue weighted by atomic mass is 10.1. The summed E-state index contributed by atoms with van der Waals surface area (Å²) in [5.41, 5.74) is 0. The molecule has 7 nitrogen and oxygen atoms in total. The number of benzene rings is 1. The fourth-order valence-corrected chi connectivity index (χ4v) is 2.89. The zero-order chi connectivity index (χ0) is 18.3. The van der Waals surface area contributed by atoms with Gasteiger partial charge in [-0.05, 0) is 31.9 Å². The minimum atomic E-state index is -3.82. The van der Waals surface area contributed by atoms with E-state index in [9.17, 15) is 18.0 Å². The van der Waals surface area contributed by atoms with E-state index in [0.29, 0.717) is 0 Å². The van der Waals surface area contributed by atoms with Crippen LogP contribution < -0.4 is 10.0 Å². The predicted octanol–water partition coefficient (Wildman–Crippen LogP) is 1.06. The van der Waals surface area contributed by atoms with Crippen LogP contribution in [0, 0.1) is 5.92 Å². The SMILES string of the molecule is CC(NS(=O)(=O)c1ccccc1)C(=O)OCC(=O)NC(C)C(C)C. The highest BCUT2D eigenvalue weighted by molar-refractivity contribution is 7.89. The summed E-state index contributed by atoms with van der Waals surface area (Å²) < 4.78 is 31.3. The number of hydrogen-bond donors (Lipinski definition) is 2. The number of ether oxygens (including phenoxy) is 1. The number of amides is 1. The molecule has 0 saturated carbocycles. The molecule has 0 spiro atoms. The normalized spacial score (nSPS) is 14.0. The van der Waals surface area contributed by atoms with Crippen LogP contribution in [0.15, 0.2) is 35.2 Å². The highest BCUT2D eigenvalue weighted by atomic mass is 32.2. The third-order valence-electron chi connectivity index (χ3n) is 3.47. The summed E-state index contributed by atoms with van der Waals surface area (Å²) >= 11 is 0. The second-order valence-electron chi connectivity index (χ2n) is 5.86. The summed E-state index contributed by atoms with van der Waals surface area (Å²) in [5, 5.41) is 2.69. The first kappa shape index (κ1) is 20.1. The fourth-order valence-electron chi connectivity index (χ4n) is 1.67. The number of sulfonamides is 1. The second-order valence-corrected chi connectivity index (χ2v) is 7.58. The Morgan fingerprint density at radius 2 is 1.67 bits per heavy atom. The van der Waals surface area contributed by atoms with Crippen molar-refractivity contribution in [3.63, 3.8) is 0 Å². The van der Waals surface area contributed by atoms with Crippen LogP contribution >= 0.6 is 0 Å². The van der Waals surface area contributed by atoms with Crippen molar-refractivity contribution in [3.05, 3.63) is 30.3 Å². The minimum absolute atomic E-state index is 0.0492. The van der Waals surface area contributed by atoms with Crippen molar-refractivity contribution in [1.82, 2.24) is 10.0 Å². The van der Waals surface area contributed by atoms with Crippen molar-refractivity contribution in [2.24, 2.45) is 5.92 Å². The molecule has 1 aromatic carbocycles. The quantitative estimate of drug-likeness (QED) is 0.678. The Hall–Kier alpha value is -1.93. The van der Waals surface area contributed by atoms with Gasteiger partial charge < -0.3 is 10.1 Å². The number of hydrogen-bond acceptors (Lipinski definition) is 5.